The first-order valence-corrected chi connectivity index (χ1v) is 11.1. The number of hydrogen-bond acceptors (Lipinski definition) is 7. The summed E-state index contributed by atoms with van der Waals surface area (Å²) < 4.78 is 58.2. The average Bonchev–Trinajstić information content (AvgIpc) is 3.34. The van der Waals surface area contributed by atoms with Gasteiger partial charge in [0.1, 0.15) is 24.1 Å². The zero-order chi connectivity index (χ0) is 23.0. The molecule has 1 aliphatic carbocycles. The van der Waals surface area contributed by atoms with Gasteiger partial charge in [0.25, 0.3) is 0 Å². The van der Waals surface area contributed by atoms with E-state index in [4.69, 9.17) is 23.8 Å². The first-order valence-electron chi connectivity index (χ1n) is 11.7. The maximum atomic E-state index is 15.0. The molecule has 4 atom stereocenters. The van der Waals surface area contributed by atoms with Gasteiger partial charge in [0.15, 0.2) is 11.0 Å². The highest BCUT2D eigenvalue weighted by atomic mass is 35.5. The Morgan fingerprint density at radius 1 is 1.39 bits per heavy atom. The summed E-state index contributed by atoms with van der Waals surface area (Å²) in [6.45, 7) is 0.225. The molecule has 0 aromatic carbocycles. The molecule has 2 aromatic rings. The first kappa shape index (κ1) is 17.7. The number of halogens is 3. The summed E-state index contributed by atoms with van der Waals surface area (Å²) in [7, 11) is 0. The van der Waals surface area contributed by atoms with Crippen LogP contribution in [-0.4, -0.2) is 77.0 Å². The maximum absolute atomic E-state index is 15.0. The summed E-state index contributed by atoms with van der Waals surface area (Å²) >= 11 is 5.92. The molecule has 0 amide bonds. The van der Waals surface area contributed by atoms with Crippen LogP contribution in [0.1, 0.15) is 28.4 Å². The molecule has 5 heterocycles. The third kappa shape index (κ3) is 3.32. The summed E-state index contributed by atoms with van der Waals surface area (Å²) in [6.07, 6.45) is 2.51. The van der Waals surface area contributed by atoms with Gasteiger partial charge in [-0.05, 0) is 25.8 Å². The minimum Gasteiger partial charge on any atom is -0.461 e. The van der Waals surface area contributed by atoms with Crippen molar-refractivity contribution in [3.63, 3.8) is 0 Å². The number of hydrogen-bond donors (Lipinski definition) is 0. The molecule has 7 nitrogen and oxygen atoms in total. The smallest absolute Gasteiger partial charge is 0.319 e. The number of ether oxygens (including phenoxy) is 2. The molecule has 10 heteroatoms. The number of rotatable bonds is 4. The van der Waals surface area contributed by atoms with Crippen LogP contribution < -0.4 is 9.64 Å². The van der Waals surface area contributed by atoms with E-state index >= 15 is 0 Å². The Morgan fingerprint density at radius 3 is 3.19 bits per heavy atom. The molecule has 4 fully saturated rings. The molecular formula is C21H24ClF2N5O2. The monoisotopic (exact) mass is 453 g/mol. The summed E-state index contributed by atoms with van der Waals surface area (Å²) in [4.78, 5) is 16.5. The molecule has 0 N–H and O–H groups in total. The van der Waals surface area contributed by atoms with Gasteiger partial charge >= 0.3 is 6.01 Å². The van der Waals surface area contributed by atoms with Crippen molar-refractivity contribution in [2.45, 2.75) is 43.4 Å². The van der Waals surface area contributed by atoms with E-state index in [9.17, 15) is 8.78 Å². The summed E-state index contributed by atoms with van der Waals surface area (Å²) in [5, 5.41) is 0.0453. The van der Waals surface area contributed by atoms with E-state index < -0.39 is 24.1 Å². The van der Waals surface area contributed by atoms with Gasteiger partial charge in [0, 0.05) is 37.7 Å². The molecule has 3 saturated heterocycles. The van der Waals surface area contributed by atoms with Crippen molar-refractivity contribution in [2.75, 3.05) is 44.3 Å². The SMILES string of the molecule is [2H]C([2H])(Oc1nc(N2CCOCC3CC32)c2cnc(Cl)c(F)c2n1)[C@@]12CCCN1C[C@H](F)C2. The minimum absolute atomic E-state index is 0.0394. The molecule has 2 unspecified atom stereocenters. The minimum atomic E-state index is -2.27. The van der Waals surface area contributed by atoms with Crippen molar-refractivity contribution in [1.82, 2.24) is 19.9 Å². The zero-order valence-corrected chi connectivity index (χ0v) is 17.6. The quantitative estimate of drug-likeness (QED) is 0.659. The third-order valence-corrected chi connectivity index (χ3v) is 7.16. The van der Waals surface area contributed by atoms with Crippen LogP contribution in [0.2, 0.25) is 5.15 Å². The summed E-state index contributed by atoms with van der Waals surface area (Å²) in [5.41, 5.74) is -1.18. The van der Waals surface area contributed by atoms with Crippen molar-refractivity contribution in [2.24, 2.45) is 5.92 Å². The van der Waals surface area contributed by atoms with E-state index in [0.717, 1.165) is 12.8 Å². The zero-order valence-electron chi connectivity index (χ0n) is 18.9. The highest BCUT2D eigenvalue weighted by Crippen LogP contribution is 2.43. The van der Waals surface area contributed by atoms with Gasteiger partial charge in [0.2, 0.25) is 0 Å². The maximum Gasteiger partial charge on any atom is 0.319 e. The van der Waals surface area contributed by atoms with Crippen molar-refractivity contribution in [1.29, 1.82) is 0 Å². The third-order valence-electron chi connectivity index (χ3n) is 6.90. The average molecular weight is 454 g/mol. The molecule has 3 aliphatic heterocycles. The predicted octanol–water partition coefficient (Wildman–Crippen LogP) is 3.00. The Kier molecular flexibility index (Phi) is 4.19. The van der Waals surface area contributed by atoms with Crippen molar-refractivity contribution >= 4 is 28.3 Å². The molecule has 0 bridgehead atoms. The molecular weight excluding hydrogens is 428 g/mol. The van der Waals surface area contributed by atoms with E-state index in [1.807, 2.05) is 9.80 Å². The number of nitrogens with zero attached hydrogens (tertiary/aromatic N) is 5. The van der Waals surface area contributed by atoms with Crippen LogP contribution in [0.25, 0.3) is 10.9 Å². The van der Waals surface area contributed by atoms with Crippen LogP contribution in [0.4, 0.5) is 14.6 Å². The van der Waals surface area contributed by atoms with Gasteiger partial charge in [-0.1, -0.05) is 11.6 Å². The van der Waals surface area contributed by atoms with Crippen molar-refractivity contribution in [3.05, 3.63) is 17.2 Å². The lowest BCUT2D eigenvalue weighted by Gasteiger charge is -2.31. The normalized spacial score (nSPS) is 34.2. The second kappa shape index (κ2) is 7.35. The van der Waals surface area contributed by atoms with Gasteiger partial charge in [0.05, 0.1) is 26.9 Å². The number of anilines is 1. The fourth-order valence-electron chi connectivity index (χ4n) is 5.28. The lowest BCUT2D eigenvalue weighted by atomic mass is 9.95. The molecule has 31 heavy (non-hydrogen) atoms. The van der Waals surface area contributed by atoms with E-state index in [2.05, 4.69) is 15.0 Å². The first-order chi connectivity index (χ1) is 15.8. The van der Waals surface area contributed by atoms with Crippen LogP contribution in [0.15, 0.2) is 6.20 Å². The Labute approximate surface area is 186 Å². The van der Waals surface area contributed by atoms with Crippen LogP contribution in [0, 0.1) is 11.7 Å². The van der Waals surface area contributed by atoms with E-state index in [1.165, 1.54) is 6.20 Å². The second-order valence-corrected chi connectivity index (χ2v) is 9.23. The van der Waals surface area contributed by atoms with Crippen molar-refractivity contribution < 1.29 is 21.0 Å². The molecule has 4 aliphatic rings. The van der Waals surface area contributed by atoms with E-state index in [1.54, 1.807) is 0 Å². The number of fused-ring (bicyclic) bond motifs is 3. The molecule has 0 radical (unpaired) electrons. The number of aromatic nitrogens is 3. The van der Waals surface area contributed by atoms with Gasteiger partial charge < -0.3 is 14.4 Å². The Bertz CT molecular complexity index is 1110. The fraction of sp³-hybridized carbons (Fsp3) is 0.667. The lowest BCUT2D eigenvalue weighted by Crippen LogP contribution is -2.43. The van der Waals surface area contributed by atoms with Gasteiger partial charge in [-0.25, -0.2) is 13.8 Å². The van der Waals surface area contributed by atoms with Gasteiger partial charge in [-0.2, -0.15) is 9.97 Å². The van der Waals surface area contributed by atoms with Gasteiger partial charge in [-0.15, -0.1) is 0 Å². The molecule has 2 aromatic heterocycles. The largest absolute Gasteiger partial charge is 0.461 e. The number of alkyl halides is 1. The van der Waals surface area contributed by atoms with E-state index in [-0.39, 0.29) is 35.7 Å². The van der Waals surface area contributed by atoms with Gasteiger partial charge in [-0.3, -0.25) is 4.90 Å². The van der Waals surface area contributed by atoms with E-state index in [0.29, 0.717) is 49.8 Å². The van der Waals surface area contributed by atoms with Crippen LogP contribution >= 0.6 is 11.6 Å². The molecule has 1 saturated carbocycles. The highest BCUT2D eigenvalue weighted by molar-refractivity contribution is 6.30. The highest BCUT2D eigenvalue weighted by Gasteiger charge is 2.49. The Morgan fingerprint density at radius 2 is 2.29 bits per heavy atom. The molecule has 166 valence electrons. The summed E-state index contributed by atoms with van der Waals surface area (Å²) in [5.74, 6) is -0.0289. The standard InChI is InChI=1S/C21H24ClF2N5O2/c22-18-16(24)17-14(8-25-18)19(29-4-5-30-10-12-6-15(12)29)27-20(26-17)31-11-21-2-1-3-28(21)9-13(23)7-21/h8,12-13,15H,1-7,9-11H2/t12?,13-,15?,21+/m1/s1/i11D2. The predicted molar refractivity (Wildman–Crippen MR) is 111 cm³/mol. The number of pyridine rings is 1. The molecule has 0 spiro atoms. The van der Waals surface area contributed by atoms with Crippen LogP contribution in [0.5, 0.6) is 6.01 Å². The van der Waals surface area contributed by atoms with Crippen molar-refractivity contribution in [3.8, 4) is 6.01 Å². The lowest BCUT2D eigenvalue weighted by molar-refractivity contribution is 0.107. The second-order valence-electron chi connectivity index (χ2n) is 8.87. The summed E-state index contributed by atoms with van der Waals surface area (Å²) in [6, 6.07) is -0.102. The topological polar surface area (TPSA) is 63.6 Å². The van der Waals surface area contributed by atoms with Crippen LogP contribution in [0.3, 0.4) is 0 Å². The fourth-order valence-corrected chi connectivity index (χ4v) is 5.42. The van der Waals surface area contributed by atoms with Crippen LogP contribution in [-0.2, 0) is 4.74 Å². The molecule has 6 rings (SSSR count). The Hall–Kier alpha value is -1.84. The Balaban J connectivity index is 1.43.